The molecule has 0 heterocycles. The first-order valence-corrected chi connectivity index (χ1v) is 11.1. The van der Waals surface area contributed by atoms with Crippen LogP contribution in [0.2, 0.25) is 0 Å². The van der Waals surface area contributed by atoms with Gasteiger partial charge in [-0.2, -0.15) is 0 Å². The van der Waals surface area contributed by atoms with Gasteiger partial charge >= 0.3 is 0 Å². The number of carbonyl (C=O) groups is 2. The molecular weight excluding hydrogens is 414 g/mol. The highest BCUT2D eigenvalue weighted by atomic mass is 32.2. The highest BCUT2D eigenvalue weighted by Crippen LogP contribution is 2.13. The Labute approximate surface area is 181 Å². The van der Waals surface area contributed by atoms with Crippen molar-refractivity contribution in [3.8, 4) is 0 Å². The Hall–Kier alpha value is -3.49. The zero-order valence-electron chi connectivity index (χ0n) is 16.7. The molecule has 2 amide bonds. The molecule has 4 N–H and O–H groups in total. The third-order valence-electron chi connectivity index (χ3n) is 4.65. The van der Waals surface area contributed by atoms with Crippen LogP contribution in [0, 0.1) is 0 Å². The molecule has 3 rings (SSSR count). The summed E-state index contributed by atoms with van der Waals surface area (Å²) in [5.41, 5.74) is 7.21. The number of nitrogens with one attached hydrogen (secondary N) is 2. The first-order chi connectivity index (χ1) is 14.8. The van der Waals surface area contributed by atoms with Crippen LogP contribution >= 0.6 is 0 Å². The van der Waals surface area contributed by atoms with Crippen LogP contribution in [0.1, 0.15) is 21.5 Å². The van der Waals surface area contributed by atoms with Crippen LogP contribution in [0.25, 0.3) is 0 Å². The van der Waals surface area contributed by atoms with Gasteiger partial charge in [0.25, 0.3) is 5.91 Å². The summed E-state index contributed by atoms with van der Waals surface area (Å²) in [6.07, 6.45) is 0.235. The van der Waals surface area contributed by atoms with Gasteiger partial charge in [-0.1, -0.05) is 66.7 Å². The minimum absolute atomic E-state index is 0.0465. The monoisotopic (exact) mass is 437 g/mol. The number of primary amides is 1. The van der Waals surface area contributed by atoms with Crippen LogP contribution in [-0.4, -0.2) is 26.3 Å². The van der Waals surface area contributed by atoms with Gasteiger partial charge in [-0.05, 0) is 29.3 Å². The van der Waals surface area contributed by atoms with Gasteiger partial charge < -0.3 is 11.1 Å². The topological polar surface area (TPSA) is 118 Å². The van der Waals surface area contributed by atoms with Crippen molar-refractivity contribution in [2.75, 3.05) is 0 Å². The molecule has 3 aromatic carbocycles. The number of rotatable bonds is 9. The average Bonchev–Trinajstić information content (AvgIpc) is 2.78. The average molecular weight is 438 g/mol. The van der Waals surface area contributed by atoms with Gasteiger partial charge in [0.05, 0.1) is 4.90 Å². The molecule has 0 aromatic heterocycles. The predicted octanol–water partition coefficient (Wildman–Crippen LogP) is 1.99. The maximum Gasteiger partial charge on any atom is 0.251 e. The molecule has 0 saturated carbocycles. The van der Waals surface area contributed by atoms with Crippen molar-refractivity contribution in [2.24, 2.45) is 5.73 Å². The summed E-state index contributed by atoms with van der Waals surface area (Å²) in [6, 6.07) is 22.9. The Bertz CT molecular complexity index is 1150. The molecule has 0 aliphatic rings. The Kier molecular flexibility index (Phi) is 7.17. The van der Waals surface area contributed by atoms with E-state index in [1.165, 1.54) is 24.3 Å². The van der Waals surface area contributed by atoms with E-state index in [1.807, 2.05) is 60.7 Å². The number of hydrogen-bond acceptors (Lipinski definition) is 4. The van der Waals surface area contributed by atoms with Gasteiger partial charge in [0.1, 0.15) is 6.04 Å². The summed E-state index contributed by atoms with van der Waals surface area (Å²) in [5, 5.41) is 2.59. The predicted molar refractivity (Wildman–Crippen MR) is 118 cm³/mol. The summed E-state index contributed by atoms with van der Waals surface area (Å²) in [6.45, 7) is 0.125. The molecule has 1 atom stereocenters. The number of sulfonamides is 1. The van der Waals surface area contributed by atoms with Crippen LogP contribution in [0.3, 0.4) is 0 Å². The molecule has 0 radical (unpaired) electrons. The summed E-state index contributed by atoms with van der Waals surface area (Å²) < 4.78 is 27.8. The number of amides is 2. The van der Waals surface area contributed by atoms with E-state index >= 15 is 0 Å². The van der Waals surface area contributed by atoms with E-state index in [1.54, 1.807) is 0 Å². The fourth-order valence-corrected chi connectivity index (χ4v) is 4.04. The lowest BCUT2D eigenvalue weighted by atomic mass is 10.0. The van der Waals surface area contributed by atoms with Crippen molar-refractivity contribution < 1.29 is 18.0 Å². The van der Waals surface area contributed by atoms with E-state index in [4.69, 9.17) is 5.73 Å². The zero-order chi connectivity index (χ0) is 22.3. The maximum atomic E-state index is 12.7. The number of carbonyl (C=O) groups excluding carboxylic acids is 2. The van der Waals surface area contributed by atoms with Gasteiger partial charge in [-0.15, -0.1) is 0 Å². The molecule has 7 nitrogen and oxygen atoms in total. The molecule has 31 heavy (non-hydrogen) atoms. The molecule has 0 fully saturated rings. The summed E-state index contributed by atoms with van der Waals surface area (Å²) in [4.78, 5) is 24.4. The van der Waals surface area contributed by atoms with E-state index in [0.29, 0.717) is 0 Å². The highest BCUT2D eigenvalue weighted by Gasteiger charge is 2.21. The van der Waals surface area contributed by atoms with E-state index in [9.17, 15) is 18.0 Å². The largest absolute Gasteiger partial charge is 0.368 e. The lowest BCUT2D eigenvalue weighted by Crippen LogP contribution is -2.45. The first-order valence-electron chi connectivity index (χ1n) is 9.63. The molecule has 1 unspecified atom stereocenters. The van der Waals surface area contributed by atoms with Crippen LogP contribution in [0.4, 0.5) is 0 Å². The van der Waals surface area contributed by atoms with Gasteiger partial charge in [-0.3, -0.25) is 9.59 Å². The van der Waals surface area contributed by atoms with Crippen LogP contribution in [0.5, 0.6) is 0 Å². The van der Waals surface area contributed by atoms with Crippen LogP contribution in [0.15, 0.2) is 89.8 Å². The molecule has 160 valence electrons. The second kappa shape index (κ2) is 10.0. The number of hydrogen-bond donors (Lipinski definition) is 3. The van der Waals surface area contributed by atoms with Crippen LogP contribution < -0.4 is 15.8 Å². The molecule has 0 spiro atoms. The van der Waals surface area contributed by atoms with Gasteiger partial charge in [0.2, 0.25) is 15.9 Å². The quantitative estimate of drug-likeness (QED) is 0.474. The standard InChI is InChI=1S/C23H23N3O4S/c24-22(27)21(14-17-8-3-1-4-9-17)26-23(28)19-12-7-13-20(15-19)31(29,30)25-16-18-10-5-2-6-11-18/h1-13,15,21,25H,14,16H2,(H2,24,27)(H,26,28). The highest BCUT2D eigenvalue weighted by molar-refractivity contribution is 7.89. The van der Waals surface area contributed by atoms with E-state index in [2.05, 4.69) is 10.0 Å². The van der Waals surface area contributed by atoms with E-state index in [0.717, 1.165) is 11.1 Å². The third-order valence-corrected chi connectivity index (χ3v) is 6.05. The normalized spacial score (nSPS) is 12.1. The fraction of sp³-hybridized carbons (Fsp3) is 0.130. The molecule has 0 bridgehead atoms. The van der Waals surface area contributed by atoms with Crippen molar-refractivity contribution in [1.29, 1.82) is 0 Å². The summed E-state index contributed by atoms with van der Waals surface area (Å²) >= 11 is 0. The van der Waals surface area contributed by atoms with Crippen molar-refractivity contribution in [3.05, 3.63) is 102 Å². The molecular formula is C23H23N3O4S. The minimum Gasteiger partial charge on any atom is -0.368 e. The Morgan fingerprint density at radius 1 is 0.839 bits per heavy atom. The number of nitrogens with two attached hydrogens (primary N) is 1. The first kappa shape index (κ1) is 22.2. The van der Waals surface area contributed by atoms with Crippen molar-refractivity contribution in [1.82, 2.24) is 10.0 Å². The van der Waals surface area contributed by atoms with E-state index in [-0.39, 0.29) is 23.4 Å². The van der Waals surface area contributed by atoms with E-state index < -0.39 is 27.9 Å². The molecule has 3 aromatic rings. The summed E-state index contributed by atoms with van der Waals surface area (Å²) in [5.74, 6) is -1.26. The fourth-order valence-electron chi connectivity index (χ4n) is 2.98. The molecule has 8 heteroatoms. The maximum absolute atomic E-state index is 12.7. The second-order valence-electron chi connectivity index (χ2n) is 6.96. The third kappa shape index (κ3) is 6.24. The van der Waals surface area contributed by atoms with Crippen molar-refractivity contribution >= 4 is 21.8 Å². The lowest BCUT2D eigenvalue weighted by molar-refractivity contribution is -0.119. The Morgan fingerprint density at radius 3 is 2.06 bits per heavy atom. The minimum atomic E-state index is -3.83. The van der Waals surface area contributed by atoms with Crippen molar-refractivity contribution in [3.63, 3.8) is 0 Å². The molecule has 0 aliphatic heterocycles. The second-order valence-corrected chi connectivity index (χ2v) is 8.72. The van der Waals surface area contributed by atoms with Gasteiger partial charge in [0, 0.05) is 18.5 Å². The van der Waals surface area contributed by atoms with Gasteiger partial charge in [-0.25, -0.2) is 13.1 Å². The SMILES string of the molecule is NC(=O)C(Cc1ccccc1)NC(=O)c1cccc(S(=O)(=O)NCc2ccccc2)c1. The zero-order valence-corrected chi connectivity index (χ0v) is 17.5. The van der Waals surface area contributed by atoms with Gasteiger partial charge in [0.15, 0.2) is 0 Å². The Balaban J connectivity index is 1.71. The Morgan fingerprint density at radius 2 is 1.45 bits per heavy atom. The smallest absolute Gasteiger partial charge is 0.251 e. The molecule has 0 aliphatic carbocycles. The van der Waals surface area contributed by atoms with Crippen molar-refractivity contribution in [2.45, 2.75) is 23.9 Å². The van der Waals surface area contributed by atoms with Crippen LogP contribution in [-0.2, 0) is 27.8 Å². The summed E-state index contributed by atoms with van der Waals surface area (Å²) in [7, 11) is -3.83. The lowest BCUT2D eigenvalue weighted by Gasteiger charge is -2.16. The molecule has 0 saturated heterocycles. The number of benzene rings is 3.